The maximum Gasteiger partial charge on any atom is 0.187 e. The van der Waals surface area contributed by atoms with Gasteiger partial charge >= 0.3 is 0 Å². The summed E-state index contributed by atoms with van der Waals surface area (Å²) in [4.78, 5) is 23.8. The van der Waals surface area contributed by atoms with Gasteiger partial charge in [0.1, 0.15) is 11.2 Å². The van der Waals surface area contributed by atoms with Crippen LogP contribution in [-0.4, -0.2) is 19.9 Å². The first-order valence-electron chi connectivity index (χ1n) is 20.1. The zero-order valence-electron chi connectivity index (χ0n) is 32.5. The van der Waals surface area contributed by atoms with E-state index in [9.17, 15) is 0 Å². The predicted molar refractivity (Wildman–Crippen MR) is 248 cm³/mol. The summed E-state index contributed by atoms with van der Waals surface area (Å²) in [5.74, 6) is 1.75. The van der Waals surface area contributed by atoms with E-state index < -0.39 is 0 Å². The van der Waals surface area contributed by atoms with Crippen LogP contribution >= 0.6 is 0 Å². The zero-order chi connectivity index (χ0) is 40.4. The highest BCUT2D eigenvalue weighted by molar-refractivity contribution is 6.23. The molecule has 0 radical (unpaired) electrons. The number of rotatable bonds is 5. The van der Waals surface area contributed by atoms with Gasteiger partial charge in [0.15, 0.2) is 23.2 Å². The number of furan rings is 1. The SMILES string of the molecule is [C-]#[N+]c1ccc2cc(-c3cc4c5ccccc5c(-c5cccc(-c6nc(-c7ccccc7)nc(-c7ccc8c(c7)oc7ccccc78)n6)c5)cc4c4cccnc34)ccc2c1. The standard InChI is InChI=1S/C55H31N5O/c1-56-40-24-22-34-27-37(21-20-35(34)29-40)47-32-48-42-16-6-5-15-41(42)46(31-49(48)45-18-10-26-57-52(45)47)36-13-9-14-38(28-36)54-58-53(33-11-3-2-4-12-33)59-55(60-54)39-23-25-44-43-17-7-8-19-50(43)61-51(44)30-39/h2-32H. The van der Waals surface area contributed by atoms with Crippen LogP contribution in [0.2, 0.25) is 0 Å². The summed E-state index contributed by atoms with van der Waals surface area (Å²) < 4.78 is 6.27. The first-order chi connectivity index (χ1) is 30.1. The molecule has 12 aromatic rings. The molecular weight excluding hydrogens is 747 g/mol. The lowest BCUT2D eigenvalue weighted by molar-refractivity contribution is 0.669. The van der Waals surface area contributed by atoms with E-state index in [2.05, 4.69) is 108 Å². The molecular formula is C55H31N5O. The molecule has 3 heterocycles. The molecule has 282 valence electrons. The molecule has 9 aromatic carbocycles. The average Bonchev–Trinajstić information content (AvgIpc) is 3.71. The average molecular weight is 778 g/mol. The van der Waals surface area contributed by atoms with Crippen molar-refractivity contribution in [2.45, 2.75) is 0 Å². The Hall–Kier alpha value is -8.53. The van der Waals surface area contributed by atoms with Gasteiger partial charge in [-0.2, -0.15) is 0 Å². The minimum atomic E-state index is 0.571. The highest BCUT2D eigenvalue weighted by Gasteiger charge is 2.18. The topological polar surface area (TPSA) is 69.1 Å². The minimum absolute atomic E-state index is 0.571. The number of nitrogens with zero attached hydrogens (tertiary/aromatic N) is 5. The largest absolute Gasteiger partial charge is 0.456 e. The maximum absolute atomic E-state index is 7.46. The molecule has 6 heteroatoms. The number of hydrogen-bond acceptors (Lipinski definition) is 5. The number of aromatic nitrogens is 4. The zero-order valence-corrected chi connectivity index (χ0v) is 32.5. The molecule has 0 aliphatic carbocycles. The third kappa shape index (κ3) is 5.79. The summed E-state index contributed by atoms with van der Waals surface area (Å²) in [6, 6.07) is 62.6. The monoisotopic (exact) mass is 777 g/mol. The van der Waals surface area contributed by atoms with Crippen molar-refractivity contribution in [1.82, 2.24) is 19.9 Å². The summed E-state index contributed by atoms with van der Waals surface area (Å²) in [7, 11) is 0. The maximum atomic E-state index is 7.46. The van der Waals surface area contributed by atoms with E-state index in [0.29, 0.717) is 23.2 Å². The fraction of sp³-hybridized carbons (Fsp3) is 0. The molecule has 0 saturated carbocycles. The fourth-order valence-corrected chi connectivity index (χ4v) is 8.80. The van der Waals surface area contributed by atoms with Crippen molar-refractivity contribution < 1.29 is 4.42 Å². The van der Waals surface area contributed by atoms with E-state index in [1.165, 1.54) is 0 Å². The Balaban J connectivity index is 1.02. The van der Waals surface area contributed by atoms with E-state index in [1.807, 2.05) is 85.1 Å². The van der Waals surface area contributed by atoms with Crippen LogP contribution in [0.5, 0.6) is 0 Å². The highest BCUT2D eigenvalue weighted by Crippen LogP contribution is 2.42. The van der Waals surface area contributed by atoms with Crippen molar-refractivity contribution in [1.29, 1.82) is 0 Å². The van der Waals surface area contributed by atoms with Crippen molar-refractivity contribution in [3.63, 3.8) is 0 Å². The van der Waals surface area contributed by atoms with Crippen molar-refractivity contribution in [3.8, 4) is 56.4 Å². The number of para-hydroxylation sites is 1. The van der Waals surface area contributed by atoms with Crippen LogP contribution in [-0.2, 0) is 0 Å². The van der Waals surface area contributed by atoms with Gasteiger partial charge in [0.25, 0.3) is 0 Å². The Bertz CT molecular complexity index is 3790. The van der Waals surface area contributed by atoms with Gasteiger partial charge in [-0.05, 0) is 104 Å². The van der Waals surface area contributed by atoms with Crippen LogP contribution in [0.15, 0.2) is 193 Å². The first kappa shape index (κ1) is 34.5. The van der Waals surface area contributed by atoms with Crippen LogP contribution in [0.4, 0.5) is 5.69 Å². The van der Waals surface area contributed by atoms with E-state index in [1.54, 1.807) is 0 Å². The lowest BCUT2D eigenvalue weighted by Gasteiger charge is -2.16. The number of hydrogen-bond donors (Lipinski definition) is 0. The first-order valence-corrected chi connectivity index (χ1v) is 20.1. The van der Waals surface area contributed by atoms with E-state index >= 15 is 0 Å². The van der Waals surface area contributed by atoms with E-state index in [-0.39, 0.29) is 0 Å². The second kappa shape index (κ2) is 13.8. The fourth-order valence-electron chi connectivity index (χ4n) is 8.80. The molecule has 0 N–H and O–H groups in total. The lowest BCUT2D eigenvalue weighted by atomic mass is 9.88. The Morgan fingerprint density at radius 3 is 1.84 bits per heavy atom. The number of pyridine rings is 1. The van der Waals surface area contributed by atoms with E-state index in [4.69, 9.17) is 30.9 Å². The van der Waals surface area contributed by atoms with Gasteiger partial charge in [-0.15, -0.1) is 0 Å². The Labute approximate surface area is 349 Å². The third-order valence-corrected chi connectivity index (χ3v) is 11.7. The Morgan fingerprint density at radius 1 is 0.377 bits per heavy atom. The van der Waals surface area contributed by atoms with Crippen molar-refractivity contribution in [3.05, 3.63) is 200 Å². The third-order valence-electron chi connectivity index (χ3n) is 11.7. The lowest BCUT2D eigenvalue weighted by Crippen LogP contribution is -2.00. The number of fused-ring (bicyclic) bond motifs is 9. The molecule has 0 saturated heterocycles. The van der Waals surface area contributed by atoms with Crippen LogP contribution in [0, 0.1) is 6.57 Å². The summed E-state index contributed by atoms with van der Waals surface area (Å²) >= 11 is 0. The molecule has 0 aliphatic heterocycles. The Kier molecular flexibility index (Phi) is 7.81. The molecule has 0 fully saturated rings. The normalized spacial score (nSPS) is 11.6. The molecule has 0 unspecified atom stereocenters. The number of benzene rings is 9. The highest BCUT2D eigenvalue weighted by atomic mass is 16.3. The molecule has 0 spiro atoms. The quantitative estimate of drug-likeness (QED) is 0.129. The summed E-state index contributed by atoms with van der Waals surface area (Å²) in [5.41, 5.74) is 10.2. The van der Waals surface area contributed by atoms with Gasteiger partial charge in [0.05, 0.1) is 12.1 Å². The van der Waals surface area contributed by atoms with Crippen molar-refractivity contribution >= 4 is 70.8 Å². The smallest absolute Gasteiger partial charge is 0.187 e. The van der Waals surface area contributed by atoms with Crippen molar-refractivity contribution in [2.75, 3.05) is 0 Å². The molecule has 0 aliphatic rings. The summed E-state index contributed by atoms with van der Waals surface area (Å²) in [6.45, 7) is 7.46. The molecule has 0 amide bonds. The molecule has 12 rings (SSSR count). The van der Waals surface area contributed by atoms with Crippen LogP contribution in [0.3, 0.4) is 0 Å². The molecule has 61 heavy (non-hydrogen) atoms. The summed E-state index contributed by atoms with van der Waals surface area (Å²) in [6.07, 6.45) is 1.87. The van der Waals surface area contributed by atoms with Gasteiger partial charge in [0.2, 0.25) is 0 Å². The second-order valence-electron chi connectivity index (χ2n) is 15.3. The molecule has 6 nitrogen and oxygen atoms in total. The summed E-state index contributed by atoms with van der Waals surface area (Å²) in [5, 5.41) is 9.93. The predicted octanol–water partition coefficient (Wildman–Crippen LogP) is 14.7. The second-order valence-corrected chi connectivity index (χ2v) is 15.3. The van der Waals surface area contributed by atoms with Gasteiger partial charge in [-0.25, -0.2) is 19.8 Å². The Morgan fingerprint density at radius 2 is 0.984 bits per heavy atom. The van der Waals surface area contributed by atoms with E-state index in [0.717, 1.165) is 104 Å². The van der Waals surface area contributed by atoms with Gasteiger partial charge in [-0.1, -0.05) is 127 Å². The minimum Gasteiger partial charge on any atom is -0.456 e. The van der Waals surface area contributed by atoms with Gasteiger partial charge in [-0.3, -0.25) is 4.98 Å². The van der Waals surface area contributed by atoms with Crippen molar-refractivity contribution in [2.24, 2.45) is 0 Å². The van der Waals surface area contributed by atoms with Crippen LogP contribution in [0.25, 0.3) is 126 Å². The van der Waals surface area contributed by atoms with Gasteiger partial charge in [0, 0.05) is 44.6 Å². The van der Waals surface area contributed by atoms with Gasteiger partial charge < -0.3 is 4.42 Å². The van der Waals surface area contributed by atoms with Crippen LogP contribution < -0.4 is 0 Å². The molecule has 0 bridgehead atoms. The van der Waals surface area contributed by atoms with Crippen LogP contribution in [0.1, 0.15) is 0 Å². The molecule has 3 aromatic heterocycles. The molecule has 0 atom stereocenters.